The topological polar surface area (TPSA) is 52.6 Å². The van der Waals surface area contributed by atoms with Gasteiger partial charge in [0.2, 0.25) is 0 Å². The number of rotatable bonds is 8. The van der Waals surface area contributed by atoms with Crippen LogP contribution in [0.1, 0.15) is 41.0 Å². The van der Waals surface area contributed by atoms with Gasteiger partial charge in [-0.15, -0.1) is 0 Å². The highest BCUT2D eigenvalue weighted by Crippen LogP contribution is 2.20. The van der Waals surface area contributed by atoms with Crippen molar-refractivity contribution in [3.05, 3.63) is 0 Å². The van der Waals surface area contributed by atoms with E-state index in [0.717, 1.165) is 26.2 Å². The number of nitrogens with zero attached hydrogens (tertiary/aromatic N) is 1. The number of likely N-dealkylation sites (N-methyl/N-ethyl adjacent to an activating group) is 1. The molecular formula is C13H28N2O2. The Labute approximate surface area is 105 Å². The molecule has 4 nitrogen and oxygen atoms in total. The van der Waals surface area contributed by atoms with E-state index >= 15 is 0 Å². The average molecular weight is 244 g/mol. The van der Waals surface area contributed by atoms with E-state index < -0.39 is 12.0 Å². The van der Waals surface area contributed by atoms with Gasteiger partial charge in [-0.3, -0.25) is 4.79 Å². The van der Waals surface area contributed by atoms with E-state index in [1.807, 2.05) is 0 Å². The largest absolute Gasteiger partial charge is 0.480 e. The van der Waals surface area contributed by atoms with Crippen molar-refractivity contribution in [2.75, 3.05) is 26.2 Å². The maximum absolute atomic E-state index is 11.1. The third kappa shape index (κ3) is 8.16. The normalized spacial score (nSPS) is 14.0. The highest BCUT2D eigenvalue weighted by Gasteiger charge is 2.23. The predicted octanol–water partition coefficient (Wildman–Crippen LogP) is 1.81. The van der Waals surface area contributed by atoms with Gasteiger partial charge in [-0.2, -0.15) is 0 Å². The summed E-state index contributed by atoms with van der Waals surface area (Å²) in [6.45, 7) is 14.1. The maximum Gasteiger partial charge on any atom is 0.320 e. The van der Waals surface area contributed by atoms with Crippen molar-refractivity contribution in [1.82, 2.24) is 10.2 Å². The molecule has 2 N–H and O–H groups in total. The summed E-state index contributed by atoms with van der Waals surface area (Å²) in [6, 6.07) is -0.439. The molecule has 0 aliphatic carbocycles. The van der Waals surface area contributed by atoms with Crippen molar-refractivity contribution >= 4 is 5.97 Å². The first-order valence-electron chi connectivity index (χ1n) is 6.48. The molecule has 0 radical (unpaired) electrons. The zero-order valence-corrected chi connectivity index (χ0v) is 11.9. The Kier molecular flexibility index (Phi) is 7.39. The van der Waals surface area contributed by atoms with Crippen LogP contribution >= 0.6 is 0 Å². The molecule has 0 aromatic carbocycles. The van der Waals surface area contributed by atoms with Crippen molar-refractivity contribution in [3.8, 4) is 0 Å². The van der Waals surface area contributed by atoms with Crippen LogP contribution in [0.5, 0.6) is 0 Å². The minimum absolute atomic E-state index is 0.0330. The van der Waals surface area contributed by atoms with Crippen molar-refractivity contribution in [3.63, 3.8) is 0 Å². The summed E-state index contributed by atoms with van der Waals surface area (Å²) in [5, 5.41) is 12.3. The predicted molar refractivity (Wildman–Crippen MR) is 71.3 cm³/mol. The van der Waals surface area contributed by atoms with Gasteiger partial charge in [0.15, 0.2) is 0 Å². The molecule has 0 aliphatic heterocycles. The summed E-state index contributed by atoms with van der Waals surface area (Å²) in [5.41, 5.74) is 0.0330. The molecule has 0 amide bonds. The average Bonchev–Trinajstić information content (AvgIpc) is 2.21. The second kappa shape index (κ2) is 7.67. The van der Waals surface area contributed by atoms with Crippen LogP contribution in [-0.4, -0.2) is 48.2 Å². The molecule has 0 aliphatic rings. The van der Waals surface area contributed by atoms with Crippen LogP contribution in [0.2, 0.25) is 0 Å². The monoisotopic (exact) mass is 244 g/mol. The summed E-state index contributed by atoms with van der Waals surface area (Å²) in [7, 11) is 0. The van der Waals surface area contributed by atoms with Gasteiger partial charge in [0.25, 0.3) is 0 Å². The molecule has 0 saturated carbocycles. The van der Waals surface area contributed by atoms with Crippen LogP contribution in [-0.2, 0) is 4.79 Å². The molecule has 0 heterocycles. The Morgan fingerprint density at radius 3 is 2.18 bits per heavy atom. The highest BCUT2D eigenvalue weighted by atomic mass is 16.4. The smallest absolute Gasteiger partial charge is 0.320 e. The van der Waals surface area contributed by atoms with Gasteiger partial charge in [0, 0.05) is 13.1 Å². The second-order valence-corrected chi connectivity index (χ2v) is 5.64. The van der Waals surface area contributed by atoms with E-state index in [1.165, 1.54) is 0 Å². The van der Waals surface area contributed by atoms with E-state index in [9.17, 15) is 4.79 Å². The Morgan fingerprint density at radius 2 is 1.82 bits per heavy atom. The number of aliphatic carboxylic acids is 1. The molecular weight excluding hydrogens is 216 g/mol. The minimum atomic E-state index is -0.750. The fraction of sp³-hybridized carbons (Fsp3) is 0.923. The van der Waals surface area contributed by atoms with Crippen molar-refractivity contribution in [2.24, 2.45) is 5.41 Å². The number of carboxylic acid groups (broad SMARTS) is 1. The van der Waals surface area contributed by atoms with Crippen LogP contribution in [0.15, 0.2) is 0 Å². The van der Waals surface area contributed by atoms with Crippen molar-refractivity contribution in [2.45, 2.75) is 47.1 Å². The highest BCUT2D eigenvalue weighted by molar-refractivity contribution is 5.73. The zero-order valence-electron chi connectivity index (χ0n) is 11.9. The van der Waals surface area contributed by atoms with Crippen LogP contribution in [0.4, 0.5) is 0 Å². The van der Waals surface area contributed by atoms with Gasteiger partial charge in [-0.25, -0.2) is 0 Å². The number of hydrogen-bond acceptors (Lipinski definition) is 3. The van der Waals surface area contributed by atoms with Crippen molar-refractivity contribution in [1.29, 1.82) is 0 Å². The van der Waals surface area contributed by atoms with Gasteiger partial charge >= 0.3 is 5.97 Å². The third-order valence-electron chi connectivity index (χ3n) is 2.83. The zero-order chi connectivity index (χ0) is 13.5. The SMILES string of the molecule is CCN(CC)CCNC(CC(C)(C)C)C(=O)O. The molecule has 0 aromatic rings. The van der Waals surface area contributed by atoms with Gasteiger partial charge in [0.1, 0.15) is 6.04 Å². The lowest BCUT2D eigenvalue weighted by Gasteiger charge is -2.25. The molecule has 102 valence electrons. The summed E-state index contributed by atoms with van der Waals surface area (Å²) in [6.07, 6.45) is 0.653. The van der Waals surface area contributed by atoms with E-state index in [1.54, 1.807) is 0 Å². The molecule has 1 unspecified atom stereocenters. The first kappa shape index (κ1) is 16.4. The second-order valence-electron chi connectivity index (χ2n) is 5.64. The first-order valence-corrected chi connectivity index (χ1v) is 6.48. The van der Waals surface area contributed by atoms with Gasteiger partial charge < -0.3 is 15.3 Å². The molecule has 0 bridgehead atoms. The Bertz CT molecular complexity index is 220. The molecule has 0 rings (SSSR count). The first-order chi connectivity index (χ1) is 7.80. The van der Waals surface area contributed by atoms with Crippen LogP contribution in [0, 0.1) is 5.41 Å². The number of carboxylic acids is 1. The molecule has 0 spiro atoms. The lowest BCUT2D eigenvalue weighted by Crippen LogP contribution is -2.43. The maximum atomic E-state index is 11.1. The third-order valence-corrected chi connectivity index (χ3v) is 2.83. The standard InChI is InChI=1S/C13H28N2O2/c1-6-15(7-2)9-8-14-11(12(16)17)10-13(3,4)5/h11,14H,6-10H2,1-5H3,(H,16,17). The molecule has 0 saturated heterocycles. The molecule has 0 aromatic heterocycles. The van der Waals surface area contributed by atoms with Crippen LogP contribution < -0.4 is 5.32 Å². The Hall–Kier alpha value is -0.610. The summed E-state index contributed by atoms with van der Waals surface area (Å²) in [5.74, 6) is -0.750. The van der Waals surface area contributed by atoms with Crippen LogP contribution in [0.3, 0.4) is 0 Å². The summed E-state index contributed by atoms with van der Waals surface area (Å²) in [4.78, 5) is 13.4. The van der Waals surface area contributed by atoms with E-state index in [2.05, 4.69) is 44.8 Å². The van der Waals surface area contributed by atoms with E-state index in [0.29, 0.717) is 6.42 Å². The molecule has 17 heavy (non-hydrogen) atoms. The van der Waals surface area contributed by atoms with Crippen molar-refractivity contribution < 1.29 is 9.90 Å². The number of carbonyl (C=O) groups is 1. The van der Waals surface area contributed by atoms with Gasteiger partial charge in [0.05, 0.1) is 0 Å². The summed E-state index contributed by atoms with van der Waals surface area (Å²) < 4.78 is 0. The lowest BCUT2D eigenvalue weighted by molar-refractivity contribution is -0.140. The van der Waals surface area contributed by atoms with Crippen LogP contribution in [0.25, 0.3) is 0 Å². The molecule has 1 atom stereocenters. The Morgan fingerprint density at radius 1 is 1.29 bits per heavy atom. The lowest BCUT2D eigenvalue weighted by atomic mass is 9.88. The number of hydrogen-bond donors (Lipinski definition) is 2. The summed E-state index contributed by atoms with van der Waals surface area (Å²) >= 11 is 0. The fourth-order valence-corrected chi connectivity index (χ4v) is 1.80. The Balaban J connectivity index is 4.06. The molecule has 4 heteroatoms. The van der Waals surface area contributed by atoms with Gasteiger partial charge in [-0.05, 0) is 24.9 Å². The number of nitrogens with one attached hydrogen (secondary N) is 1. The molecule has 0 fully saturated rings. The van der Waals surface area contributed by atoms with Gasteiger partial charge in [-0.1, -0.05) is 34.6 Å². The quantitative estimate of drug-likeness (QED) is 0.684. The van der Waals surface area contributed by atoms with E-state index in [4.69, 9.17) is 5.11 Å². The van der Waals surface area contributed by atoms with E-state index in [-0.39, 0.29) is 5.41 Å². The minimum Gasteiger partial charge on any atom is -0.480 e. The fourth-order valence-electron chi connectivity index (χ4n) is 1.80.